The van der Waals surface area contributed by atoms with Crippen molar-refractivity contribution in [2.45, 2.75) is 25.1 Å². The third-order valence-corrected chi connectivity index (χ3v) is 5.70. The van der Waals surface area contributed by atoms with Crippen LogP contribution in [-0.2, 0) is 20.9 Å². The first-order valence-electron chi connectivity index (χ1n) is 9.10. The molecule has 2 aromatic carbocycles. The molecule has 2 heterocycles. The van der Waals surface area contributed by atoms with E-state index in [1.165, 1.54) is 24.0 Å². The van der Waals surface area contributed by atoms with Crippen LogP contribution < -0.4 is 9.64 Å². The summed E-state index contributed by atoms with van der Waals surface area (Å²) in [6, 6.07) is 11.8. The topological polar surface area (TPSA) is 76.1 Å². The fourth-order valence-electron chi connectivity index (χ4n) is 4.01. The molecular formula is C21H19ClN2O5. The lowest BCUT2D eigenvalue weighted by molar-refractivity contribution is -0.157. The molecule has 150 valence electrons. The highest BCUT2D eigenvalue weighted by Crippen LogP contribution is 2.44. The van der Waals surface area contributed by atoms with Gasteiger partial charge in [-0.05, 0) is 30.3 Å². The molecule has 4 rings (SSSR count). The summed E-state index contributed by atoms with van der Waals surface area (Å²) < 4.78 is 10.9. The molecule has 2 aliphatic rings. The summed E-state index contributed by atoms with van der Waals surface area (Å²) >= 11 is 6.04. The standard InChI is InChI=1S/C21H19ClN2O5/c1-23-19(26)15-5-3-4-6-16(15)24-18(25)9-10-21(23,24)20(27)29-12-13-11-14(22)7-8-17(13)28-2/h3-8,11H,9-10,12H2,1-2H3. The molecular weight excluding hydrogens is 396 g/mol. The Hall–Kier alpha value is -3.06. The molecule has 1 saturated heterocycles. The Morgan fingerprint density at radius 3 is 2.72 bits per heavy atom. The van der Waals surface area contributed by atoms with E-state index < -0.39 is 11.6 Å². The Morgan fingerprint density at radius 2 is 1.97 bits per heavy atom. The molecule has 1 unspecified atom stereocenters. The Morgan fingerprint density at radius 1 is 1.21 bits per heavy atom. The fourth-order valence-corrected chi connectivity index (χ4v) is 4.20. The highest BCUT2D eigenvalue weighted by atomic mass is 35.5. The summed E-state index contributed by atoms with van der Waals surface area (Å²) in [4.78, 5) is 41.6. The van der Waals surface area contributed by atoms with Gasteiger partial charge in [-0.25, -0.2) is 4.79 Å². The van der Waals surface area contributed by atoms with Crippen molar-refractivity contribution in [3.8, 4) is 5.75 Å². The zero-order chi connectivity index (χ0) is 20.8. The number of anilines is 1. The predicted octanol–water partition coefficient (Wildman–Crippen LogP) is 3.00. The van der Waals surface area contributed by atoms with Gasteiger partial charge in [0, 0.05) is 30.5 Å². The highest BCUT2D eigenvalue weighted by Gasteiger charge is 2.60. The van der Waals surface area contributed by atoms with Crippen molar-refractivity contribution in [1.29, 1.82) is 0 Å². The normalized spacial score (nSPS) is 20.4. The number of hydrogen-bond acceptors (Lipinski definition) is 5. The van der Waals surface area contributed by atoms with E-state index in [0.29, 0.717) is 27.6 Å². The number of fused-ring (bicyclic) bond motifs is 3. The molecule has 0 N–H and O–H groups in total. The van der Waals surface area contributed by atoms with Gasteiger partial charge in [0.2, 0.25) is 11.6 Å². The monoisotopic (exact) mass is 414 g/mol. The van der Waals surface area contributed by atoms with Crippen LogP contribution in [0, 0.1) is 0 Å². The van der Waals surface area contributed by atoms with Gasteiger partial charge in [0.15, 0.2) is 0 Å². The predicted molar refractivity (Wildman–Crippen MR) is 106 cm³/mol. The molecule has 29 heavy (non-hydrogen) atoms. The van der Waals surface area contributed by atoms with Gasteiger partial charge < -0.3 is 14.4 Å². The molecule has 1 atom stereocenters. The SMILES string of the molecule is COc1ccc(Cl)cc1COC(=O)C12CCC(=O)N1c1ccccc1C(=O)N2C. The largest absolute Gasteiger partial charge is 0.496 e. The van der Waals surface area contributed by atoms with Gasteiger partial charge in [-0.2, -0.15) is 0 Å². The van der Waals surface area contributed by atoms with Crippen LogP contribution in [0.2, 0.25) is 5.02 Å². The summed E-state index contributed by atoms with van der Waals surface area (Å²) in [5, 5.41) is 0.478. The van der Waals surface area contributed by atoms with Crippen LogP contribution in [0.1, 0.15) is 28.8 Å². The van der Waals surface area contributed by atoms with Crippen molar-refractivity contribution in [1.82, 2.24) is 4.90 Å². The van der Waals surface area contributed by atoms with Gasteiger partial charge in [-0.1, -0.05) is 23.7 Å². The lowest BCUT2D eigenvalue weighted by Crippen LogP contribution is -2.67. The minimum absolute atomic E-state index is 0.101. The smallest absolute Gasteiger partial charge is 0.354 e. The first-order valence-corrected chi connectivity index (χ1v) is 9.48. The number of methoxy groups -OCH3 is 1. The number of ether oxygens (including phenoxy) is 2. The Labute approximate surface area is 172 Å². The number of hydrogen-bond donors (Lipinski definition) is 0. The molecule has 2 aromatic rings. The number of likely N-dealkylation sites (N-methyl/N-ethyl adjacent to an activating group) is 1. The lowest BCUT2D eigenvalue weighted by atomic mass is 9.97. The van der Waals surface area contributed by atoms with Gasteiger partial charge in [0.25, 0.3) is 5.91 Å². The lowest BCUT2D eigenvalue weighted by Gasteiger charge is -2.46. The molecule has 2 amide bonds. The number of halogens is 1. The number of para-hydroxylation sites is 1. The van der Waals surface area contributed by atoms with Crippen molar-refractivity contribution in [3.63, 3.8) is 0 Å². The molecule has 7 nitrogen and oxygen atoms in total. The highest BCUT2D eigenvalue weighted by molar-refractivity contribution is 6.30. The van der Waals surface area contributed by atoms with Gasteiger partial charge in [-0.15, -0.1) is 0 Å². The maximum Gasteiger partial charge on any atom is 0.354 e. The molecule has 0 saturated carbocycles. The van der Waals surface area contributed by atoms with Gasteiger partial charge >= 0.3 is 5.97 Å². The van der Waals surface area contributed by atoms with Crippen molar-refractivity contribution < 1.29 is 23.9 Å². The zero-order valence-corrected chi connectivity index (χ0v) is 16.7. The summed E-state index contributed by atoms with van der Waals surface area (Å²) in [6.45, 7) is -0.101. The van der Waals surface area contributed by atoms with Crippen LogP contribution in [0.25, 0.3) is 0 Å². The van der Waals surface area contributed by atoms with Crippen molar-refractivity contribution >= 4 is 35.1 Å². The second-order valence-electron chi connectivity index (χ2n) is 6.96. The van der Waals surface area contributed by atoms with E-state index in [9.17, 15) is 14.4 Å². The molecule has 0 spiro atoms. The molecule has 2 aliphatic heterocycles. The van der Waals surface area contributed by atoms with E-state index in [1.54, 1.807) is 42.5 Å². The second kappa shape index (κ2) is 7.08. The van der Waals surface area contributed by atoms with Crippen molar-refractivity contribution in [2.24, 2.45) is 0 Å². The number of rotatable bonds is 4. The molecule has 8 heteroatoms. The summed E-state index contributed by atoms with van der Waals surface area (Å²) in [5.74, 6) is -0.703. The minimum atomic E-state index is -1.51. The molecule has 0 bridgehead atoms. The van der Waals surface area contributed by atoms with Crippen LogP contribution in [-0.4, -0.2) is 42.5 Å². The number of esters is 1. The molecule has 0 aliphatic carbocycles. The van der Waals surface area contributed by atoms with E-state index in [4.69, 9.17) is 21.1 Å². The number of carbonyl (C=O) groups is 3. The van der Waals surface area contributed by atoms with Crippen LogP contribution in [0.4, 0.5) is 5.69 Å². The number of amides is 2. The van der Waals surface area contributed by atoms with Crippen molar-refractivity contribution in [2.75, 3.05) is 19.1 Å². The van der Waals surface area contributed by atoms with E-state index in [0.717, 1.165) is 0 Å². The summed E-state index contributed by atoms with van der Waals surface area (Å²) in [5.41, 5.74) is -0.111. The van der Waals surface area contributed by atoms with E-state index in [2.05, 4.69) is 0 Å². The average molecular weight is 415 g/mol. The number of benzene rings is 2. The Kier molecular flexibility index (Phi) is 4.70. The molecule has 1 fully saturated rings. The maximum atomic E-state index is 13.3. The fraction of sp³-hybridized carbons (Fsp3) is 0.286. The van der Waals surface area contributed by atoms with Gasteiger partial charge in [-0.3, -0.25) is 14.5 Å². The zero-order valence-electron chi connectivity index (χ0n) is 16.0. The minimum Gasteiger partial charge on any atom is -0.496 e. The van der Waals surface area contributed by atoms with E-state index >= 15 is 0 Å². The van der Waals surface area contributed by atoms with Crippen LogP contribution in [0.5, 0.6) is 5.75 Å². The first-order chi connectivity index (χ1) is 13.9. The van der Waals surface area contributed by atoms with Crippen LogP contribution in [0.3, 0.4) is 0 Å². The van der Waals surface area contributed by atoms with Gasteiger partial charge in [0.1, 0.15) is 12.4 Å². The van der Waals surface area contributed by atoms with E-state index in [1.807, 2.05) is 0 Å². The van der Waals surface area contributed by atoms with E-state index in [-0.39, 0.29) is 31.3 Å². The molecule has 0 aromatic heterocycles. The van der Waals surface area contributed by atoms with Crippen LogP contribution >= 0.6 is 11.6 Å². The van der Waals surface area contributed by atoms with Crippen molar-refractivity contribution in [3.05, 3.63) is 58.6 Å². The summed E-state index contributed by atoms with van der Waals surface area (Å²) in [7, 11) is 3.03. The second-order valence-corrected chi connectivity index (χ2v) is 7.40. The van der Waals surface area contributed by atoms with Crippen LogP contribution in [0.15, 0.2) is 42.5 Å². The average Bonchev–Trinajstić information content (AvgIpc) is 3.09. The van der Waals surface area contributed by atoms with Gasteiger partial charge in [0.05, 0.1) is 18.4 Å². The number of carbonyl (C=O) groups excluding carboxylic acids is 3. The molecule has 0 radical (unpaired) electrons. The summed E-state index contributed by atoms with van der Waals surface area (Å²) in [6.07, 6.45) is 0.301. The number of nitrogens with zero attached hydrogens (tertiary/aromatic N) is 2. The maximum absolute atomic E-state index is 13.3. The Balaban J connectivity index is 1.69. The first kappa shape index (κ1) is 19.3. The quantitative estimate of drug-likeness (QED) is 0.719. The Bertz CT molecular complexity index is 1020. The third-order valence-electron chi connectivity index (χ3n) is 5.47. The third kappa shape index (κ3) is 2.84.